The molecule has 10 heteroatoms. The Morgan fingerprint density at radius 3 is 2.58 bits per heavy atom. The minimum atomic E-state index is -1.07. The number of benzene rings is 1. The van der Waals surface area contributed by atoms with Gasteiger partial charge in [0, 0.05) is 38.3 Å². The fourth-order valence-electron chi connectivity index (χ4n) is 4.12. The van der Waals surface area contributed by atoms with Gasteiger partial charge in [-0.2, -0.15) is 5.10 Å². The number of nitrogens with zero attached hydrogens (tertiary/aromatic N) is 5. The highest BCUT2D eigenvalue weighted by atomic mass is 16.5. The van der Waals surface area contributed by atoms with E-state index in [1.165, 1.54) is 11.8 Å². The molecule has 2 aliphatic heterocycles. The highest BCUT2D eigenvalue weighted by Gasteiger charge is 2.33. The minimum absolute atomic E-state index is 0.0217. The van der Waals surface area contributed by atoms with Gasteiger partial charge in [0.05, 0.1) is 36.8 Å². The Labute approximate surface area is 179 Å². The Morgan fingerprint density at radius 2 is 1.90 bits per heavy atom. The maximum atomic E-state index is 12.5. The Bertz CT molecular complexity index is 1010. The van der Waals surface area contributed by atoms with Gasteiger partial charge < -0.3 is 19.6 Å². The molecular weight excluding hydrogens is 402 g/mol. The van der Waals surface area contributed by atoms with E-state index in [2.05, 4.69) is 5.10 Å². The van der Waals surface area contributed by atoms with Crippen LogP contribution >= 0.6 is 0 Å². The van der Waals surface area contributed by atoms with E-state index >= 15 is 0 Å². The first-order valence-corrected chi connectivity index (χ1v) is 10.2. The van der Waals surface area contributed by atoms with Crippen LogP contribution in [0.4, 0.5) is 16.2 Å². The second-order valence-corrected chi connectivity index (χ2v) is 7.75. The first-order chi connectivity index (χ1) is 14.8. The molecule has 0 saturated carbocycles. The van der Waals surface area contributed by atoms with Gasteiger partial charge in [-0.15, -0.1) is 0 Å². The summed E-state index contributed by atoms with van der Waals surface area (Å²) in [5, 5.41) is 14.0. The number of carbonyl (C=O) groups is 3. The summed E-state index contributed by atoms with van der Waals surface area (Å²) in [6.45, 7) is 5.86. The number of carbonyl (C=O) groups excluding carboxylic acids is 2. The number of anilines is 2. The lowest BCUT2D eigenvalue weighted by molar-refractivity contribution is -0.136. The van der Waals surface area contributed by atoms with Crippen LogP contribution in [0.25, 0.3) is 11.1 Å². The number of hydrogen-bond acceptors (Lipinski definition) is 5. The number of amides is 3. The number of aromatic nitrogens is 2. The second-order valence-electron chi connectivity index (χ2n) is 7.75. The molecule has 1 atom stereocenters. The van der Waals surface area contributed by atoms with Crippen LogP contribution in [0.2, 0.25) is 0 Å². The van der Waals surface area contributed by atoms with E-state index in [-0.39, 0.29) is 30.9 Å². The summed E-state index contributed by atoms with van der Waals surface area (Å²) in [4.78, 5) is 41.0. The molecule has 0 unspecified atom stereocenters. The zero-order chi connectivity index (χ0) is 22.1. The van der Waals surface area contributed by atoms with Crippen LogP contribution in [0.1, 0.15) is 13.8 Å². The molecule has 1 aromatic heterocycles. The van der Waals surface area contributed by atoms with Crippen molar-refractivity contribution in [1.82, 2.24) is 14.7 Å². The summed E-state index contributed by atoms with van der Waals surface area (Å²) in [6, 6.07) is 5.07. The molecule has 3 heterocycles. The van der Waals surface area contributed by atoms with Gasteiger partial charge in [-0.3, -0.25) is 19.2 Å². The Kier molecular flexibility index (Phi) is 5.64. The SMILES string of the molecule is CC(=O)N1c2ccc(-c3cnn(CC(=O)N4CCOCC4)c3)cc2N(C(=O)O)C[C@@H]1C. The molecule has 1 aromatic carbocycles. The van der Waals surface area contributed by atoms with E-state index in [0.29, 0.717) is 37.7 Å². The van der Waals surface area contributed by atoms with Crippen LogP contribution in [-0.2, 0) is 20.9 Å². The summed E-state index contributed by atoms with van der Waals surface area (Å²) in [7, 11) is 0. The Hall–Kier alpha value is -3.40. The zero-order valence-electron chi connectivity index (χ0n) is 17.5. The molecule has 1 N–H and O–H groups in total. The van der Waals surface area contributed by atoms with E-state index in [0.717, 1.165) is 11.1 Å². The van der Waals surface area contributed by atoms with Gasteiger partial charge in [0.1, 0.15) is 6.54 Å². The molecule has 0 radical (unpaired) electrons. The lowest BCUT2D eigenvalue weighted by atomic mass is 10.0. The van der Waals surface area contributed by atoms with E-state index in [1.54, 1.807) is 39.0 Å². The molecule has 2 aromatic rings. The second kappa shape index (κ2) is 8.38. The third-order valence-electron chi connectivity index (χ3n) is 5.61. The molecule has 10 nitrogen and oxygen atoms in total. The molecule has 4 rings (SSSR count). The van der Waals surface area contributed by atoms with Crippen molar-refractivity contribution in [2.75, 3.05) is 42.6 Å². The number of hydrogen-bond donors (Lipinski definition) is 1. The van der Waals surface area contributed by atoms with Gasteiger partial charge in [0.15, 0.2) is 0 Å². The van der Waals surface area contributed by atoms with E-state index < -0.39 is 6.09 Å². The summed E-state index contributed by atoms with van der Waals surface area (Å²) in [6.07, 6.45) is 2.34. The van der Waals surface area contributed by atoms with E-state index in [1.807, 2.05) is 13.0 Å². The first kappa shape index (κ1) is 20.9. The van der Waals surface area contributed by atoms with E-state index in [9.17, 15) is 19.5 Å². The first-order valence-electron chi connectivity index (χ1n) is 10.2. The van der Waals surface area contributed by atoms with Gasteiger partial charge in [0.25, 0.3) is 0 Å². The molecule has 164 valence electrons. The quantitative estimate of drug-likeness (QED) is 0.798. The topological polar surface area (TPSA) is 108 Å². The number of ether oxygens (including phenoxy) is 1. The van der Waals surface area contributed by atoms with Crippen LogP contribution in [-0.4, -0.2) is 76.6 Å². The molecule has 2 aliphatic rings. The largest absolute Gasteiger partial charge is 0.465 e. The molecule has 0 bridgehead atoms. The van der Waals surface area contributed by atoms with Crippen molar-refractivity contribution in [3.8, 4) is 11.1 Å². The van der Waals surface area contributed by atoms with Gasteiger partial charge in [0.2, 0.25) is 11.8 Å². The van der Waals surface area contributed by atoms with Crippen molar-refractivity contribution < 1.29 is 24.2 Å². The third kappa shape index (κ3) is 4.11. The maximum Gasteiger partial charge on any atom is 0.411 e. The molecule has 0 spiro atoms. The number of rotatable bonds is 3. The summed E-state index contributed by atoms with van der Waals surface area (Å²) in [5.41, 5.74) is 2.53. The zero-order valence-corrected chi connectivity index (χ0v) is 17.5. The van der Waals surface area contributed by atoms with Gasteiger partial charge in [-0.1, -0.05) is 6.07 Å². The lowest BCUT2D eigenvalue weighted by Crippen LogP contribution is -2.51. The fraction of sp³-hybridized carbons (Fsp3) is 0.429. The van der Waals surface area contributed by atoms with Crippen molar-refractivity contribution in [2.45, 2.75) is 26.4 Å². The third-order valence-corrected chi connectivity index (χ3v) is 5.61. The normalized spacial score (nSPS) is 18.6. The summed E-state index contributed by atoms with van der Waals surface area (Å²) < 4.78 is 6.85. The number of fused-ring (bicyclic) bond motifs is 1. The Morgan fingerprint density at radius 1 is 1.16 bits per heavy atom. The minimum Gasteiger partial charge on any atom is -0.465 e. The van der Waals surface area contributed by atoms with Crippen molar-refractivity contribution in [3.63, 3.8) is 0 Å². The average molecular weight is 427 g/mol. The molecule has 0 aliphatic carbocycles. The van der Waals surface area contributed by atoms with Crippen LogP contribution in [0.15, 0.2) is 30.6 Å². The van der Waals surface area contributed by atoms with Crippen LogP contribution in [0.5, 0.6) is 0 Å². The predicted octanol–water partition coefficient (Wildman–Crippen LogP) is 1.65. The van der Waals surface area contributed by atoms with Gasteiger partial charge in [-0.25, -0.2) is 4.79 Å². The lowest BCUT2D eigenvalue weighted by Gasteiger charge is -2.39. The van der Waals surface area contributed by atoms with E-state index in [4.69, 9.17) is 4.74 Å². The van der Waals surface area contributed by atoms with Crippen LogP contribution in [0.3, 0.4) is 0 Å². The molecule has 1 saturated heterocycles. The number of morpholine rings is 1. The van der Waals surface area contributed by atoms with Gasteiger partial charge in [-0.05, 0) is 24.6 Å². The fourth-order valence-corrected chi connectivity index (χ4v) is 4.12. The smallest absolute Gasteiger partial charge is 0.411 e. The highest BCUT2D eigenvalue weighted by Crippen LogP contribution is 2.38. The van der Waals surface area contributed by atoms with Crippen LogP contribution in [0, 0.1) is 0 Å². The molecule has 1 fully saturated rings. The van der Waals surface area contributed by atoms with Crippen molar-refractivity contribution in [1.29, 1.82) is 0 Å². The highest BCUT2D eigenvalue weighted by molar-refractivity contribution is 6.02. The van der Waals surface area contributed by atoms with Crippen molar-refractivity contribution in [3.05, 3.63) is 30.6 Å². The molecule has 31 heavy (non-hydrogen) atoms. The molecular formula is C21H25N5O5. The summed E-state index contributed by atoms with van der Waals surface area (Å²) in [5.74, 6) is -0.160. The molecule has 3 amide bonds. The summed E-state index contributed by atoms with van der Waals surface area (Å²) >= 11 is 0. The predicted molar refractivity (Wildman–Crippen MR) is 113 cm³/mol. The van der Waals surface area contributed by atoms with Crippen molar-refractivity contribution >= 4 is 29.3 Å². The van der Waals surface area contributed by atoms with Crippen molar-refractivity contribution in [2.24, 2.45) is 0 Å². The van der Waals surface area contributed by atoms with Crippen LogP contribution < -0.4 is 9.80 Å². The standard InChI is InChI=1S/C21H25N5O5/c1-14-11-25(21(29)30)19-9-16(3-4-18(19)26(14)15(2)27)17-10-22-24(12-17)13-20(28)23-5-7-31-8-6-23/h3-4,9-10,12,14H,5-8,11,13H2,1-2H3,(H,29,30)/t14-/m0/s1. The Balaban J connectivity index is 1.60. The van der Waals surface area contributed by atoms with Gasteiger partial charge >= 0.3 is 6.09 Å². The monoisotopic (exact) mass is 427 g/mol. The maximum absolute atomic E-state index is 12.5. The average Bonchev–Trinajstić information content (AvgIpc) is 3.21. The number of carboxylic acid groups (broad SMARTS) is 1.